The summed E-state index contributed by atoms with van der Waals surface area (Å²) in [5, 5.41) is 42.2. The fourth-order valence-electron chi connectivity index (χ4n) is 5.04. The minimum Gasteiger partial charge on any atom is -0.480 e. The molecule has 0 spiro atoms. The minimum atomic E-state index is -4.12. The number of aryl methyl sites for hydroxylation is 3. The Labute approximate surface area is 297 Å². The number of carboxylic acids is 1. The highest BCUT2D eigenvalue weighted by molar-refractivity contribution is 7.89. The monoisotopic (exact) mass is 732 g/mol. The predicted octanol–water partition coefficient (Wildman–Crippen LogP) is 5.47. The average Bonchev–Trinajstić information content (AvgIpc) is 3.71. The highest BCUT2D eigenvalue weighted by atomic mass is 32.2. The van der Waals surface area contributed by atoms with Crippen LogP contribution in [0.1, 0.15) is 35.6 Å². The van der Waals surface area contributed by atoms with E-state index in [0.717, 1.165) is 22.4 Å². The first-order valence-corrected chi connectivity index (χ1v) is 17.9. The van der Waals surface area contributed by atoms with E-state index in [0.29, 0.717) is 52.5 Å². The number of nitrogens with zero attached hydrogens (tertiary/aromatic N) is 8. The molecule has 0 bridgehead atoms. The second-order valence-electron chi connectivity index (χ2n) is 11.4. The number of rotatable bonds is 15. The molecule has 0 aliphatic rings. The number of carbonyl (C=O) groups is 1. The summed E-state index contributed by atoms with van der Waals surface area (Å²) < 4.78 is 34.8. The Morgan fingerprint density at radius 3 is 2.51 bits per heavy atom. The molecule has 5 rings (SSSR count). The summed E-state index contributed by atoms with van der Waals surface area (Å²) in [5.74, 6) is -0.204. The van der Waals surface area contributed by atoms with Crippen LogP contribution in [0, 0.1) is 32.1 Å². The lowest BCUT2D eigenvalue weighted by Gasteiger charge is -2.16. The first kappa shape index (κ1) is 36.7. The van der Waals surface area contributed by atoms with Crippen molar-refractivity contribution in [2.45, 2.75) is 45.1 Å². The molecule has 1 atom stereocenters. The van der Waals surface area contributed by atoms with Gasteiger partial charge in [-0.2, -0.15) is 20.0 Å². The van der Waals surface area contributed by atoms with E-state index in [1.807, 2.05) is 20.8 Å². The van der Waals surface area contributed by atoms with E-state index in [1.165, 1.54) is 41.3 Å². The standard InChI is InChI=1S/C32H36N12O5S2/c1-17-12-18(2)25(19(3)13-17)37-31-38-28(34-5)26(29(39-31)35-10-7-11-49-6)40-41-27-21(15-33)16-44(42-27)32-36-23-14-22(8-9-24(23)50-32)51(47,48)43-20(4)30(45)46/h8-9,12-14,16,20,43H,7,10-11H2,1-6H3,(H,45,46)(H3,34,35,37,38,39). The second-order valence-corrected chi connectivity index (χ2v) is 14.2. The van der Waals surface area contributed by atoms with Crippen molar-refractivity contribution in [3.63, 3.8) is 0 Å². The first-order valence-electron chi connectivity index (χ1n) is 15.6. The predicted molar refractivity (Wildman–Crippen MR) is 194 cm³/mol. The van der Waals surface area contributed by atoms with Crippen molar-refractivity contribution in [3.8, 4) is 11.2 Å². The van der Waals surface area contributed by atoms with Gasteiger partial charge in [0.05, 0.1) is 21.3 Å². The molecule has 0 saturated carbocycles. The maximum Gasteiger partial charge on any atom is 0.321 e. The molecule has 19 heteroatoms. The average molecular weight is 733 g/mol. The third-order valence-corrected chi connectivity index (χ3v) is 10.0. The smallest absolute Gasteiger partial charge is 0.321 e. The topological polar surface area (TPSA) is 234 Å². The van der Waals surface area contributed by atoms with Gasteiger partial charge in [-0.1, -0.05) is 29.0 Å². The normalized spacial score (nSPS) is 12.3. The van der Waals surface area contributed by atoms with Gasteiger partial charge in [-0.15, -0.1) is 15.3 Å². The number of ether oxygens (including phenoxy) is 1. The van der Waals surface area contributed by atoms with Gasteiger partial charge < -0.3 is 25.8 Å². The van der Waals surface area contributed by atoms with Crippen LogP contribution in [0.5, 0.6) is 0 Å². The Bertz CT molecular complexity index is 2250. The van der Waals surface area contributed by atoms with Crippen molar-refractivity contribution in [3.05, 3.63) is 58.8 Å². The zero-order valence-corrected chi connectivity index (χ0v) is 30.3. The van der Waals surface area contributed by atoms with Crippen molar-refractivity contribution in [2.24, 2.45) is 10.2 Å². The molecular weight excluding hydrogens is 697 g/mol. The van der Waals surface area contributed by atoms with Crippen molar-refractivity contribution in [1.82, 2.24) is 29.5 Å². The van der Waals surface area contributed by atoms with Crippen LogP contribution in [0.2, 0.25) is 0 Å². The third-order valence-electron chi connectivity index (χ3n) is 7.47. The summed E-state index contributed by atoms with van der Waals surface area (Å²) in [7, 11) is -0.798. The number of aromatic nitrogens is 5. The Hall–Kier alpha value is -5.55. The highest BCUT2D eigenvalue weighted by Crippen LogP contribution is 2.36. The fourth-order valence-corrected chi connectivity index (χ4v) is 7.13. The zero-order valence-electron chi connectivity index (χ0n) is 28.6. The number of nitrogens with one attached hydrogen (secondary N) is 4. The largest absolute Gasteiger partial charge is 0.480 e. The van der Waals surface area contributed by atoms with E-state index in [-0.39, 0.29) is 22.0 Å². The molecule has 3 aromatic heterocycles. The zero-order chi connectivity index (χ0) is 36.9. The van der Waals surface area contributed by atoms with E-state index < -0.39 is 22.0 Å². The van der Waals surface area contributed by atoms with E-state index in [4.69, 9.17) is 14.8 Å². The third kappa shape index (κ3) is 8.43. The van der Waals surface area contributed by atoms with Crippen LogP contribution in [0.15, 0.2) is 51.7 Å². The Morgan fingerprint density at radius 1 is 1.12 bits per heavy atom. The number of thiazole rings is 1. The number of hydrogen-bond acceptors (Lipinski definition) is 15. The second kappa shape index (κ2) is 15.6. The molecule has 3 heterocycles. The summed E-state index contributed by atoms with van der Waals surface area (Å²) in [6, 6.07) is 9.16. The van der Waals surface area contributed by atoms with Gasteiger partial charge in [0.25, 0.3) is 0 Å². The SMILES string of the molecule is CNc1nc(Nc2c(C)cc(C)cc2C)nc(NCCCOC)c1N=Nc1nn(-c2nc3cc(S(=O)(=O)NC(C)C(=O)O)ccc3s2)cc1C#N. The number of nitriles is 1. The molecule has 0 radical (unpaired) electrons. The number of azo groups is 1. The lowest BCUT2D eigenvalue weighted by atomic mass is 10.1. The molecule has 0 fully saturated rings. The number of carboxylic acid groups (broad SMARTS) is 1. The molecule has 5 aromatic rings. The molecule has 1 unspecified atom stereocenters. The quantitative estimate of drug-likeness (QED) is 0.0664. The number of anilines is 4. The van der Waals surface area contributed by atoms with Crippen molar-refractivity contribution < 1.29 is 23.1 Å². The van der Waals surface area contributed by atoms with Crippen LogP contribution in [0.3, 0.4) is 0 Å². The van der Waals surface area contributed by atoms with Gasteiger partial charge in [0.1, 0.15) is 17.7 Å². The van der Waals surface area contributed by atoms with E-state index in [9.17, 15) is 18.5 Å². The number of methoxy groups -OCH3 is 1. The molecule has 0 amide bonds. The van der Waals surface area contributed by atoms with E-state index in [1.54, 1.807) is 20.2 Å². The van der Waals surface area contributed by atoms with Crippen LogP contribution < -0.4 is 20.7 Å². The summed E-state index contributed by atoms with van der Waals surface area (Å²) in [5.41, 5.74) is 4.86. The van der Waals surface area contributed by atoms with Gasteiger partial charge >= 0.3 is 5.97 Å². The Kier molecular flexibility index (Phi) is 11.2. The summed E-state index contributed by atoms with van der Waals surface area (Å²) in [6.45, 7) is 8.35. The molecule has 2 aromatic carbocycles. The van der Waals surface area contributed by atoms with E-state index in [2.05, 4.69) is 64.2 Å². The van der Waals surface area contributed by atoms with Gasteiger partial charge in [-0.25, -0.2) is 18.1 Å². The van der Waals surface area contributed by atoms with Crippen LogP contribution in [0.4, 0.5) is 34.8 Å². The van der Waals surface area contributed by atoms with Gasteiger partial charge in [0.2, 0.25) is 26.9 Å². The van der Waals surface area contributed by atoms with Crippen molar-refractivity contribution in [2.75, 3.05) is 43.3 Å². The lowest BCUT2D eigenvalue weighted by molar-refractivity contribution is -0.138. The molecule has 5 N–H and O–H groups in total. The van der Waals surface area contributed by atoms with E-state index >= 15 is 0 Å². The van der Waals surface area contributed by atoms with Crippen molar-refractivity contribution in [1.29, 1.82) is 5.26 Å². The number of hydrogen-bond donors (Lipinski definition) is 5. The number of sulfonamides is 1. The van der Waals surface area contributed by atoms with Crippen LogP contribution in [0.25, 0.3) is 15.3 Å². The first-order chi connectivity index (χ1) is 24.3. The molecule has 0 aliphatic carbocycles. The van der Waals surface area contributed by atoms with Gasteiger partial charge in [-0.3, -0.25) is 4.79 Å². The molecule has 0 saturated heterocycles. The van der Waals surface area contributed by atoms with Gasteiger partial charge in [0.15, 0.2) is 17.3 Å². The fraction of sp³-hybridized carbons (Fsp3) is 0.312. The number of benzene rings is 2. The lowest BCUT2D eigenvalue weighted by Crippen LogP contribution is -2.38. The molecule has 266 valence electrons. The van der Waals surface area contributed by atoms with Crippen LogP contribution in [-0.4, -0.2) is 77.6 Å². The number of fused-ring (bicyclic) bond motifs is 1. The van der Waals surface area contributed by atoms with Gasteiger partial charge in [-0.05, 0) is 63.4 Å². The summed E-state index contributed by atoms with van der Waals surface area (Å²) >= 11 is 1.20. The maximum atomic E-state index is 12.7. The molecule has 17 nitrogen and oxygen atoms in total. The summed E-state index contributed by atoms with van der Waals surface area (Å²) in [6.07, 6.45) is 2.14. The van der Waals surface area contributed by atoms with Gasteiger partial charge in [0, 0.05) is 33.0 Å². The number of aliphatic carboxylic acids is 1. The molecule has 0 aliphatic heterocycles. The maximum absolute atomic E-state index is 12.7. The van der Waals surface area contributed by atoms with Crippen LogP contribution >= 0.6 is 11.3 Å². The molecule has 51 heavy (non-hydrogen) atoms. The Balaban J connectivity index is 1.48. The Morgan fingerprint density at radius 2 is 1.84 bits per heavy atom. The minimum absolute atomic E-state index is 0.00683. The molecular formula is C32H36N12O5S2. The highest BCUT2D eigenvalue weighted by Gasteiger charge is 2.23. The summed E-state index contributed by atoms with van der Waals surface area (Å²) in [4.78, 5) is 24.9. The van der Waals surface area contributed by atoms with Crippen LogP contribution in [-0.2, 0) is 19.6 Å². The van der Waals surface area contributed by atoms with Crippen molar-refractivity contribution >= 4 is 72.3 Å².